The fourth-order valence-corrected chi connectivity index (χ4v) is 5.68. The minimum atomic E-state index is -1.29. The van der Waals surface area contributed by atoms with E-state index in [1.54, 1.807) is 23.6 Å². The standard InChI is InChI=1S/C22H27BrN2O5/c1-4-6-9-24-11-17(26)25-19-14-10-13(23)7-8-16(14)30-12-15(19)18(20(27)29-5-2)22(25,3)21(24)28/h7-8,10,15,18-19H,4-6,9,11-12H2,1-3H3/t15-,18-,19+,22-/m1/s1. The normalized spacial score (nSPS) is 29.8. The molecule has 3 aliphatic rings. The maximum absolute atomic E-state index is 13.7. The van der Waals surface area contributed by atoms with Gasteiger partial charge in [-0.1, -0.05) is 29.3 Å². The molecule has 2 fully saturated rings. The number of unbranched alkanes of at least 4 members (excludes halogenated alkanes) is 1. The van der Waals surface area contributed by atoms with E-state index in [-0.39, 0.29) is 37.5 Å². The molecule has 7 nitrogen and oxygen atoms in total. The highest BCUT2D eigenvalue weighted by molar-refractivity contribution is 9.10. The zero-order valence-electron chi connectivity index (χ0n) is 17.5. The van der Waals surface area contributed by atoms with Gasteiger partial charge in [0.15, 0.2) is 0 Å². The van der Waals surface area contributed by atoms with Gasteiger partial charge in [-0.15, -0.1) is 0 Å². The summed E-state index contributed by atoms with van der Waals surface area (Å²) in [5.41, 5.74) is -0.473. The molecule has 0 unspecified atom stereocenters. The summed E-state index contributed by atoms with van der Waals surface area (Å²) in [6, 6.07) is 5.25. The van der Waals surface area contributed by atoms with Gasteiger partial charge in [0.2, 0.25) is 11.8 Å². The number of piperazine rings is 1. The van der Waals surface area contributed by atoms with Gasteiger partial charge in [-0.2, -0.15) is 0 Å². The van der Waals surface area contributed by atoms with Crippen molar-refractivity contribution < 1.29 is 23.9 Å². The van der Waals surface area contributed by atoms with Crippen molar-refractivity contribution in [2.75, 3.05) is 26.3 Å². The second-order valence-corrected chi connectivity index (χ2v) is 9.24. The monoisotopic (exact) mass is 478 g/mol. The molecule has 162 valence electrons. The number of rotatable bonds is 5. The molecule has 30 heavy (non-hydrogen) atoms. The first-order valence-corrected chi connectivity index (χ1v) is 11.3. The lowest BCUT2D eigenvalue weighted by molar-refractivity contribution is -0.170. The maximum atomic E-state index is 13.7. The highest BCUT2D eigenvalue weighted by Gasteiger charge is 2.68. The minimum Gasteiger partial charge on any atom is -0.493 e. The van der Waals surface area contributed by atoms with Crippen molar-refractivity contribution in [3.8, 4) is 5.75 Å². The van der Waals surface area contributed by atoms with E-state index in [0.717, 1.165) is 22.9 Å². The molecule has 0 saturated carbocycles. The molecule has 0 bridgehead atoms. The molecule has 0 aromatic heterocycles. The average molecular weight is 479 g/mol. The summed E-state index contributed by atoms with van der Waals surface area (Å²) >= 11 is 3.50. The molecular formula is C22H27BrN2O5. The van der Waals surface area contributed by atoms with Crippen LogP contribution in [-0.4, -0.2) is 59.4 Å². The van der Waals surface area contributed by atoms with E-state index < -0.39 is 23.5 Å². The van der Waals surface area contributed by atoms with Crippen molar-refractivity contribution in [1.29, 1.82) is 0 Å². The summed E-state index contributed by atoms with van der Waals surface area (Å²) < 4.78 is 12.2. The number of benzene rings is 1. The number of carbonyl (C=O) groups is 3. The lowest BCUT2D eigenvalue weighted by atomic mass is 9.77. The van der Waals surface area contributed by atoms with Gasteiger partial charge in [0.1, 0.15) is 11.3 Å². The minimum absolute atomic E-state index is 0.0391. The molecule has 4 atom stereocenters. The molecule has 3 aliphatic heterocycles. The third kappa shape index (κ3) is 3.02. The van der Waals surface area contributed by atoms with Gasteiger partial charge in [-0.3, -0.25) is 14.4 Å². The Balaban J connectivity index is 1.85. The smallest absolute Gasteiger partial charge is 0.312 e. The van der Waals surface area contributed by atoms with Crippen LogP contribution in [0.1, 0.15) is 45.2 Å². The van der Waals surface area contributed by atoms with Gasteiger partial charge in [0, 0.05) is 22.5 Å². The Kier molecular flexibility index (Phi) is 5.55. The summed E-state index contributed by atoms with van der Waals surface area (Å²) in [5, 5.41) is 0. The Hall–Kier alpha value is -2.09. The van der Waals surface area contributed by atoms with Crippen LogP contribution in [0, 0.1) is 11.8 Å². The molecule has 3 heterocycles. The van der Waals surface area contributed by atoms with E-state index >= 15 is 0 Å². The molecule has 2 saturated heterocycles. The first kappa shape index (κ1) is 21.2. The highest BCUT2D eigenvalue weighted by atomic mass is 79.9. The van der Waals surface area contributed by atoms with Gasteiger partial charge in [-0.05, 0) is 38.5 Å². The zero-order valence-corrected chi connectivity index (χ0v) is 19.1. The van der Waals surface area contributed by atoms with Gasteiger partial charge >= 0.3 is 5.97 Å². The van der Waals surface area contributed by atoms with Crippen LogP contribution in [0.15, 0.2) is 22.7 Å². The molecule has 0 spiro atoms. The number of halogens is 1. The topological polar surface area (TPSA) is 76.2 Å². The van der Waals surface area contributed by atoms with E-state index in [1.165, 1.54) is 0 Å². The molecule has 0 radical (unpaired) electrons. The van der Waals surface area contributed by atoms with Crippen LogP contribution in [-0.2, 0) is 19.1 Å². The Labute approximate surface area is 184 Å². The number of nitrogens with zero attached hydrogens (tertiary/aromatic N) is 2. The predicted molar refractivity (Wildman–Crippen MR) is 113 cm³/mol. The third-order valence-corrected chi connectivity index (χ3v) is 7.07. The summed E-state index contributed by atoms with van der Waals surface area (Å²) in [4.78, 5) is 43.5. The highest BCUT2D eigenvalue weighted by Crippen LogP contribution is 2.56. The van der Waals surface area contributed by atoms with Gasteiger partial charge in [0.05, 0.1) is 31.7 Å². The Morgan fingerprint density at radius 1 is 1.33 bits per heavy atom. The second kappa shape index (κ2) is 7.87. The first-order chi connectivity index (χ1) is 14.3. The van der Waals surface area contributed by atoms with Crippen LogP contribution in [0.25, 0.3) is 0 Å². The van der Waals surface area contributed by atoms with Gasteiger partial charge in [0.25, 0.3) is 0 Å². The molecule has 2 amide bonds. The SMILES string of the molecule is CCCCN1CC(=O)N2[C@H]3c4cc(Br)ccc4OC[C@@H]3[C@H](C(=O)OCC)[C@]2(C)C1=O. The first-order valence-electron chi connectivity index (χ1n) is 10.5. The number of hydrogen-bond donors (Lipinski definition) is 0. The van der Waals surface area contributed by atoms with Crippen molar-refractivity contribution in [1.82, 2.24) is 9.80 Å². The summed E-state index contributed by atoms with van der Waals surface area (Å²) in [7, 11) is 0. The van der Waals surface area contributed by atoms with Gasteiger partial charge in [-0.25, -0.2) is 0 Å². The number of fused-ring (bicyclic) bond motifs is 5. The summed E-state index contributed by atoms with van der Waals surface area (Å²) in [6.07, 6.45) is 1.73. The zero-order chi connectivity index (χ0) is 21.6. The second-order valence-electron chi connectivity index (χ2n) is 8.32. The molecular weight excluding hydrogens is 452 g/mol. The van der Waals surface area contributed by atoms with Crippen LogP contribution in [0.5, 0.6) is 5.75 Å². The van der Waals surface area contributed by atoms with Crippen molar-refractivity contribution in [3.05, 3.63) is 28.2 Å². The average Bonchev–Trinajstić information content (AvgIpc) is 3.00. The number of amides is 2. The number of ether oxygens (including phenoxy) is 2. The van der Waals surface area contributed by atoms with E-state index in [9.17, 15) is 14.4 Å². The fourth-order valence-electron chi connectivity index (χ4n) is 5.30. The van der Waals surface area contributed by atoms with Crippen LogP contribution in [0.2, 0.25) is 0 Å². The lowest BCUT2D eigenvalue weighted by Crippen LogP contribution is -2.67. The quantitative estimate of drug-likeness (QED) is 0.608. The molecule has 0 aliphatic carbocycles. The van der Waals surface area contributed by atoms with Crippen molar-refractivity contribution in [3.63, 3.8) is 0 Å². The van der Waals surface area contributed by atoms with E-state index in [0.29, 0.717) is 12.3 Å². The van der Waals surface area contributed by atoms with Crippen molar-refractivity contribution in [2.24, 2.45) is 11.8 Å². The number of esters is 1. The maximum Gasteiger partial charge on any atom is 0.312 e. The summed E-state index contributed by atoms with van der Waals surface area (Å²) in [6.45, 7) is 6.53. The van der Waals surface area contributed by atoms with Crippen molar-refractivity contribution in [2.45, 2.75) is 45.2 Å². The Morgan fingerprint density at radius 2 is 2.10 bits per heavy atom. The Morgan fingerprint density at radius 3 is 2.80 bits per heavy atom. The summed E-state index contributed by atoms with van der Waals surface area (Å²) in [5.74, 6) is -1.22. The fraction of sp³-hybridized carbons (Fsp3) is 0.591. The van der Waals surface area contributed by atoms with Gasteiger partial charge < -0.3 is 19.3 Å². The van der Waals surface area contributed by atoms with Crippen molar-refractivity contribution >= 4 is 33.7 Å². The molecule has 8 heteroatoms. The predicted octanol–water partition coefficient (Wildman–Crippen LogP) is 2.92. The molecule has 0 N–H and O–H groups in total. The van der Waals surface area contributed by atoms with E-state index in [4.69, 9.17) is 9.47 Å². The van der Waals surface area contributed by atoms with Crippen LogP contribution >= 0.6 is 15.9 Å². The van der Waals surface area contributed by atoms with Crippen LogP contribution < -0.4 is 4.74 Å². The van der Waals surface area contributed by atoms with Crippen LogP contribution in [0.4, 0.5) is 0 Å². The third-order valence-electron chi connectivity index (χ3n) is 6.58. The number of carbonyl (C=O) groups excluding carboxylic acids is 3. The lowest BCUT2D eigenvalue weighted by Gasteiger charge is -2.47. The van der Waals surface area contributed by atoms with E-state index in [1.807, 2.05) is 25.1 Å². The molecule has 4 rings (SSSR count). The van der Waals surface area contributed by atoms with Crippen LogP contribution in [0.3, 0.4) is 0 Å². The number of hydrogen-bond acceptors (Lipinski definition) is 5. The molecule has 1 aromatic carbocycles. The largest absolute Gasteiger partial charge is 0.493 e. The van der Waals surface area contributed by atoms with E-state index in [2.05, 4.69) is 15.9 Å². The molecule has 1 aromatic rings. The Bertz CT molecular complexity index is 890.